The Labute approximate surface area is 99.7 Å². The molecule has 1 rings (SSSR count). The number of rotatable bonds is 6. The smallest absolute Gasteiger partial charge is 0.123 e. The first-order valence-corrected chi connectivity index (χ1v) is 5.91. The van der Waals surface area contributed by atoms with E-state index in [2.05, 4.69) is 17.0 Å². The van der Waals surface area contributed by atoms with Gasteiger partial charge in [-0.15, -0.1) is 11.8 Å². The predicted molar refractivity (Wildman–Crippen MR) is 69.3 cm³/mol. The minimum atomic E-state index is -0.206. The van der Waals surface area contributed by atoms with Crippen LogP contribution in [0.5, 0.6) is 0 Å². The SMILES string of the molecule is C=N/C=C(/Cc1cccc(F)c1)SCNC. The van der Waals surface area contributed by atoms with Gasteiger partial charge in [-0.2, -0.15) is 0 Å². The summed E-state index contributed by atoms with van der Waals surface area (Å²) in [6.45, 7) is 3.43. The zero-order valence-corrected chi connectivity index (χ0v) is 10.1. The molecule has 0 fully saturated rings. The number of nitrogens with one attached hydrogen (secondary N) is 1. The maximum atomic E-state index is 13.0. The van der Waals surface area contributed by atoms with Gasteiger partial charge in [-0.25, -0.2) is 4.39 Å². The van der Waals surface area contributed by atoms with E-state index in [0.29, 0.717) is 6.42 Å². The van der Waals surface area contributed by atoms with E-state index < -0.39 is 0 Å². The second kappa shape index (κ2) is 7.19. The zero-order valence-electron chi connectivity index (χ0n) is 9.24. The van der Waals surface area contributed by atoms with E-state index in [1.807, 2.05) is 13.1 Å². The molecule has 2 nitrogen and oxygen atoms in total. The highest BCUT2D eigenvalue weighted by Crippen LogP contribution is 2.20. The number of hydrogen-bond acceptors (Lipinski definition) is 3. The van der Waals surface area contributed by atoms with Crippen LogP contribution in [0.25, 0.3) is 0 Å². The summed E-state index contributed by atoms with van der Waals surface area (Å²) in [5.41, 5.74) is 0.943. The van der Waals surface area contributed by atoms with E-state index in [1.54, 1.807) is 24.0 Å². The molecule has 0 aromatic heterocycles. The van der Waals surface area contributed by atoms with Crippen LogP contribution in [0.15, 0.2) is 40.4 Å². The van der Waals surface area contributed by atoms with Gasteiger partial charge in [-0.3, -0.25) is 4.99 Å². The monoisotopic (exact) mass is 238 g/mol. The molecule has 86 valence electrons. The van der Waals surface area contributed by atoms with Crippen molar-refractivity contribution >= 4 is 18.5 Å². The number of allylic oxidation sites excluding steroid dienone is 1. The summed E-state index contributed by atoms with van der Waals surface area (Å²) >= 11 is 1.64. The minimum Gasteiger partial charge on any atom is -0.311 e. The van der Waals surface area contributed by atoms with E-state index in [1.165, 1.54) is 12.1 Å². The van der Waals surface area contributed by atoms with Crippen molar-refractivity contribution in [1.82, 2.24) is 5.32 Å². The van der Waals surface area contributed by atoms with Crippen LogP contribution in [-0.2, 0) is 6.42 Å². The number of nitrogens with zero attached hydrogens (tertiary/aromatic N) is 1. The molecule has 0 saturated heterocycles. The molecule has 1 aromatic carbocycles. The lowest BCUT2D eigenvalue weighted by Gasteiger charge is -2.06. The summed E-state index contributed by atoms with van der Waals surface area (Å²) < 4.78 is 13.0. The van der Waals surface area contributed by atoms with E-state index in [4.69, 9.17) is 0 Å². The van der Waals surface area contributed by atoms with Gasteiger partial charge in [-0.1, -0.05) is 12.1 Å². The highest BCUT2D eigenvalue weighted by Gasteiger charge is 2.01. The molecule has 0 heterocycles. The third kappa shape index (κ3) is 4.59. The fourth-order valence-electron chi connectivity index (χ4n) is 1.25. The molecule has 1 aromatic rings. The Kier molecular flexibility index (Phi) is 5.82. The summed E-state index contributed by atoms with van der Waals surface area (Å²) in [6, 6.07) is 6.60. The average molecular weight is 238 g/mol. The molecule has 0 aliphatic rings. The minimum absolute atomic E-state index is 0.206. The highest BCUT2D eigenvalue weighted by atomic mass is 32.2. The second-order valence-corrected chi connectivity index (χ2v) is 4.33. The van der Waals surface area contributed by atoms with Gasteiger partial charge < -0.3 is 5.32 Å². The molecule has 0 amide bonds. The Morgan fingerprint density at radius 1 is 1.62 bits per heavy atom. The highest BCUT2D eigenvalue weighted by molar-refractivity contribution is 8.03. The Morgan fingerprint density at radius 2 is 2.44 bits per heavy atom. The first kappa shape index (κ1) is 12.9. The number of halogens is 1. The van der Waals surface area contributed by atoms with Crippen LogP contribution < -0.4 is 5.32 Å². The van der Waals surface area contributed by atoms with Crippen molar-refractivity contribution in [2.24, 2.45) is 4.99 Å². The lowest BCUT2D eigenvalue weighted by atomic mass is 10.1. The van der Waals surface area contributed by atoms with Crippen molar-refractivity contribution in [2.75, 3.05) is 12.9 Å². The molecule has 16 heavy (non-hydrogen) atoms. The van der Waals surface area contributed by atoms with Crippen molar-refractivity contribution < 1.29 is 4.39 Å². The number of benzene rings is 1. The Balaban J connectivity index is 2.68. The summed E-state index contributed by atoms with van der Waals surface area (Å²) in [6.07, 6.45) is 2.40. The fourth-order valence-corrected chi connectivity index (χ4v) is 2.00. The fraction of sp³-hybridized carbons (Fsp3) is 0.250. The van der Waals surface area contributed by atoms with Crippen LogP contribution in [0.1, 0.15) is 5.56 Å². The molecule has 0 bridgehead atoms. The lowest BCUT2D eigenvalue weighted by Crippen LogP contribution is -2.04. The Morgan fingerprint density at radius 3 is 3.06 bits per heavy atom. The van der Waals surface area contributed by atoms with E-state index in [9.17, 15) is 4.39 Å². The van der Waals surface area contributed by atoms with Crippen molar-refractivity contribution in [3.63, 3.8) is 0 Å². The van der Waals surface area contributed by atoms with Gasteiger partial charge in [0, 0.05) is 23.4 Å². The number of aliphatic imine (C=N–C) groups is 1. The van der Waals surface area contributed by atoms with Gasteiger partial charge >= 0.3 is 0 Å². The van der Waals surface area contributed by atoms with Crippen molar-refractivity contribution in [1.29, 1.82) is 0 Å². The zero-order chi connectivity index (χ0) is 11.8. The topological polar surface area (TPSA) is 24.4 Å². The number of thioether (sulfide) groups is 1. The van der Waals surface area contributed by atoms with Gasteiger partial charge in [0.2, 0.25) is 0 Å². The number of hydrogen-bond donors (Lipinski definition) is 1. The van der Waals surface area contributed by atoms with Gasteiger partial charge in [0.25, 0.3) is 0 Å². The molecular weight excluding hydrogens is 223 g/mol. The van der Waals surface area contributed by atoms with E-state index in [-0.39, 0.29) is 5.82 Å². The molecule has 0 atom stereocenters. The third-order valence-corrected chi connectivity index (χ3v) is 2.96. The maximum absolute atomic E-state index is 13.0. The molecule has 1 N–H and O–H groups in total. The predicted octanol–water partition coefficient (Wildman–Crippen LogP) is 2.82. The van der Waals surface area contributed by atoms with Crippen molar-refractivity contribution in [3.05, 3.63) is 46.8 Å². The molecule has 0 spiro atoms. The quantitative estimate of drug-likeness (QED) is 0.609. The maximum Gasteiger partial charge on any atom is 0.123 e. The van der Waals surface area contributed by atoms with Crippen LogP contribution in [-0.4, -0.2) is 19.6 Å². The first-order valence-electron chi connectivity index (χ1n) is 4.93. The van der Waals surface area contributed by atoms with Crippen LogP contribution in [0.2, 0.25) is 0 Å². The molecular formula is C12H15FN2S. The molecule has 0 radical (unpaired) electrons. The summed E-state index contributed by atoms with van der Waals surface area (Å²) in [5, 5.41) is 3.04. The normalized spacial score (nSPS) is 11.5. The van der Waals surface area contributed by atoms with Gasteiger partial charge in [0.1, 0.15) is 5.82 Å². The van der Waals surface area contributed by atoms with Crippen molar-refractivity contribution in [3.8, 4) is 0 Å². The van der Waals surface area contributed by atoms with Crippen LogP contribution >= 0.6 is 11.8 Å². The molecule has 0 unspecified atom stereocenters. The Bertz CT molecular complexity index is 377. The van der Waals surface area contributed by atoms with Gasteiger partial charge in [0.05, 0.1) is 0 Å². The standard InChI is InChI=1S/C12H15FN2S/c1-14-8-12(16-9-15-2)7-10-4-3-5-11(13)6-10/h3-6,8,15H,1,7,9H2,2H3/b12-8-. The molecule has 0 saturated carbocycles. The summed E-state index contributed by atoms with van der Waals surface area (Å²) in [4.78, 5) is 4.82. The van der Waals surface area contributed by atoms with Crippen LogP contribution in [0.3, 0.4) is 0 Å². The lowest BCUT2D eigenvalue weighted by molar-refractivity contribution is 0.626. The van der Waals surface area contributed by atoms with Crippen molar-refractivity contribution in [2.45, 2.75) is 6.42 Å². The van der Waals surface area contributed by atoms with Crippen LogP contribution in [0.4, 0.5) is 4.39 Å². The van der Waals surface area contributed by atoms with Gasteiger partial charge in [0.15, 0.2) is 0 Å². The molecule has 4 heteroatoms. The average Bonchev–Trinajstić information content (AvgIpc) is 2.26. The summed E-state index contributed by atoms with van der Waals surface area (Å²) in [5.74, 6) is 0.596. The van der Waals surface area contributed by atoms with E-state index in [0.717, 1.165) is 16.3 Å². The second-order valence-electron chi connectivity index (χ2n) is 3.23. The molecule has 0 aliphatic heterocycles. The first-order chi connectivity index (χ1) is 7.76. The summed E-state index contributed by atoms with van der Waals surface area (Å²) in [7, 11) is 1.88. The molecule has 0 aliphatic carbocycles. The van der Waals surface area contributed by atoms with E-state index >= 15 is 0 Å². The largest absolute Gasteiger partial charge is 0.311 e. The van der Waals surface area contributed by atoms with Gasteiger partial charge in [-0.05, 0) is 31.5 Å². The van der Waals surface area contributed by atoms with Crippen LogP contribution in [0, 0.1) is 5.82 Å². The third-order valence-electron chi connectivity index (χ3n) is 1.90. The Hall–Kier alpha value is -1.13.